The van der Waals surface area contributed by atoms with Gasteiger partial charge in [-0.3, -0.25) is 0 Å². The molecule has 6 N–H and O–H groups in total. The summed E-state index contributed by atoms with van der Waals surface area (Å²) in [6, 6.07) is 0. The summed E-state index contributed by atoms with van der Waals surface area (Å²) in [6.45, 7) is 0. The molecule has 0 bridgehead atoms. The van der Waals surface area contributed by atoms with E-state index in [9.17, 15) is 19.2 Å². The molecule has 0 fully saturated rings. The molecule has 14 nitrogen and oxygen atoms in total. The van der Waals surface area contributed by atoms with Gasteiger partial charge in [-0.1, -0.05) is 0 Å². The summed E-state index contributed by atoms with van der Waals surface area (Å²) in [5, 5.41) is 49.6. The van der Waals surface area contributed by atoms with Crippen molar-refractivity contribution in [2.45, 2.75) is 0 Å². The molecule has 2 rings (SSSR count). The van der Waals surface area contributed by atoms with Crippen LogP contribution in [0.2, 0.25) is 0 Å². The third-order valence-corrected chi connectivity index (χ3v) is 1.91. The van der Waals surface area contributed by atoms with E-state index in [1.807, 2.05) is 10.4 Å². The standard InChI is InChI=1S/2C4H3N3O4/c2*8-3(9)1-2(4(10)11)6-7-5-1/h2*(H,8,9)(H,10,11)(H,5,6,7). The number of carboxylic acid groups (broad SMARTS) is 4. The first-order valence-corrected chi connectivity index (χ1v) is 5.00. The summed E-state index contributed by atoms with van der Waals surface area (Å²) in [5.74, 6) is -5.68. The Bertz CT molecular complexity index is 613. The van der Waals surface area contributed by atoms with E-state index < -0.39 is 46.7 Å². The fourth-order valence-electron chi connectivity index (χ4n) is 1.06. The molecular weight excluding hydrogens is 308 g/mol. The second-order valence-corrected chi connectivity index (χ2v) is 3.26. The zero-order valence-corrected chi connectivity index (χ0v) is 10.2. The van der Waals surface area contributed by atoms with Gasteiger partial charge in [0, 0.05) is 0 Å². The van der Waals surface area contributed by atoms with E-state index in [4.69, 9.17) is 20.4 Å². The molecule has 2 aromatic rings. The summed E-state index contributed by atoms with van der Waals surface area (Å²) < 4.78 is 0. The van der Waals surface area contributed by atoms with Crippen LogP contribution < -0.4 is 0 Å². The molecule has 0 aromatic carbocycles. The topological polar surface area (TPSA) is 232 Å². The molecule has 14 heteroatoms. The van der Waals surface area contributed by atoms with Crippen molar-refractivity contribution in [1.29, 1.82) is 0 Å². The van der Waals surface area contributed by atoms with Gasteiger partial charge in [0.15, 0.2) is 0 Å². The molecule has 0 saturated carbocycles. The number of H-pyrrole nitrogens is 2. The van der Waals surface area contributed by atoms with E-state index in [1.165, 1.54) is 0 Å². The first-order chi connectivity index (χ1) is 10.3. The largest absolute Gasteiger partial charge is 0.476 e. The molecular formula is C8H6N6O8. The van der Waals surface area contributed by atoms with Crippen molar-refractivity contribution >= 4 is 23.9 Å². The van der Waals surface area contributed by atoms with Crippen LogP contribution in [0.15, 0.2) is 0 Å². The third kappa shape index (κ3) is 3.59. The van der Waals surface area contributed by atoms with E-state index in [-0.39, 0.29) is 0 Å². The van der Waals surface area contributed by atoms with Gasteiger partial charge >= 0.3 is 23.9 Å². The fraction of sp³-hybridized carbons (Fsp3) is 0. The Hall–Kier alpha value is -3.84. The first kappa shape index (κ1) is 16.2. The van der Waals surface area contributed by atoms with E-state index in [1.54, 1.807) is 0 Å². The average molecular weight is 314 g/mol. The van der Waals surface area contributed by atoms with Gasteiger partial charge in [-0.25, -0.2) is 19.2 Å². The number of carboxylic acids is 4. The molecule has 116 valence electrons. The first-order valence-electron chi connectivity index (χ1n) is 5.00. The van der Waals surface area contributed by atoms with Crippen molar-refractivity contribution in [2.75, 3.05) is 0 Å². The van der Waals surface area contributed by atoms with Gasteiger partial charge in [0.25, 0.3) is 0 Å². The van der Waals surface area contributed by atoms with Crippen LogP contribution in [0.3, 0.4) is 0 Å². The summed E-state index contributed by atoms with van der Waals surface area (Å²) in [5.41, 5.74) is -2.34. The van der Waals surface area contributed by atoms with Crippen molar-refractivity contribution in [2.24, 2.45) is 0 Å². The highest BCUT2D eigenvalue weighted by Gasteiger charge is 2.21. The minimum absolute atomic E-state index is 0.586. The summed E-state index contributed by atoms with van der Waals surface area (Å²) >= 11 is 0. The number of nitrogens with one attached hydrogen (secondary N) is 2. The van der Waals surface area contributed by atoms with Crippen LogP contribution in [-0.2, 0) is 0 Å². The molecule has 0 unspecified atom stereocenters. The lowest BCUT2D eigenvalue weighted by Crippen LogP contribution is -2.07. The second kappa shape index (κ2) is 6.55. The zero-order valence-electron chi connectivity index (χ0n) is 10.2. The maximum absolute atomic E-state index is 10.2. The van der Waals surface area contributed by atoms with Gasteiger partial charge in [0.1, 0.15) is 0 Å². The van der Waals surface area contributed by atoms with Crippen LogP contribution in [0.1, 0.15) is 42.0 Å². The number of aromatic carboxylic acids is 4. The third-order valence-electron chi connectivity index (χ3n) is 1.91. The maximum Gasteiger partial charge on any atom is 0.359 e. The molecule has 0 aliphatic carbocycles. The number of rotatable bonds is 4. The monoisotopic (exact) mass is 314 g/mol. The Labute approximate surface area is 118 Å². The molecule has 2 aromatic heterocycles. The van der Waals surface area contributed by atoms with Crippen molar-refractivity contribution in [3.05, 3.63) is 22.8 Å². The smallest absolute Gasteiger partial charge is 0.359 e. The number of carbonyl (C=O) groups is 4. The van der Waals surface area contributed by atoms with E-state index in [0.29, 0.717) is 0 Å². The van der Waals surface area contributed by atoms with Crippen molar-refractivity contribution in [1.82, 2.24) is 30.8 Å². The van der Waals surface area contributed by atoms with Crippen molar-refractivity contribution < 1.29 is 39.6 Å². The SMILES string of the molecule is O=C(O)c1n[nH]nc1C(=O)O.O=C(O)c1n[nH]nc1C(=O)O. The Kier molecular flexibility index (Phi) is 4.83. The van der Waals surface area contributed by atoms with Crippen LogP contribution in [0.5, 0.6) is 0 Å². The van der Waals surface area contributed by atoms with Crippen LogP contribution in [0.4, 0.5) is 0 Å². The van der Waals surface area contributed by atoms with E-state index in [2.05, 4.69) is 20.4 Å². The highest BCUT2D eigenvalue weighted by molar-refractivity contribution is 5.99. The molecule has 0 atom stereocenters. The van der Waals surface area contributed by atoms with E-state index >= 15 is 0 Å². The predicted octanol–water partition coefficient (Wildman–Crippen LogP) is -1.60. The molecule has 0 aliphatic rings. The summed E-state index contributed by atoms with van der Waals surface area (Å²) in [4.78, 5) is 40.8. The fourth-order valence-corrected chi connectivity index (χ4v) is 1.06. The number of hydrogen-bond acceptors (Lipinski definition) is 8. The van der Waals surface area contributed by atoms with Crippen LogP contribution in [-0.4, -0.2) is 75.1 Å². The maximum atomic E-state index is 10.2. The van der Waals surface area contributed by atoms with Gasteiger partial charge < -0.3 is 20.4 Å². The zero-order chi connectivity index (χ0) is 16.9. The Morgan fingerprint density at radius 1 is 0.545 bits per heavy atom. The van der Waals surface area contributed by atoms with Crippen molar-refractivity contribution in [3.8, 4) is 0 Å². The predicted molar refractivity (Wildman–Crippen MR) is 60.6 cm³/mol. The lowest BCUT2D eigenvalue weighted by Gasteiger charge is -1.85. The molecule has 0 saturated heterocycles. The number of aromatic nitrogens is 6. The molecule has 0 aliphatic heterocycles. The minimum Gasteiger partial charge on any atom is -0.476 e. The van der Waals surface area contributed by atoms with Gasteiger partial charge in [-0.2, -0.15) is 10.4 Å². The van der Waals surface area contributed by atoms with Crippen LogP contribution in [0.25, 0.3) is 0 Å². The quantitative estimate of drug-likeness (QED) is 0.374. The molecule has 0 spiro atoms. The highest BCUT2D eigenvalue weighted by Crippen LogP contribution is 2.00. The highest BCUT2D eigenvalue weighted by atomic mass is 16.4. The second-order valence-electron chi connectivity index (χ2n) is 3.26. The lowest BCUT2D eigenvalue weighted by atomic mass is 10.3. The van der Waals surface area contributed by atoms with Gasteiger partial charge in [-0.15, -0.1) is 20.4 Å². The van der Waals surface area contributed by atoms with Gasteiger partial charge in [-0.05, 0) is 0 Å². The molecule has 22 heavy (non-hydrogen) atoms. The Balaban J connectivity index is 0.000000220. The van der Waals surface area contributed by atoms with Crippen molar-refractivity contribution in [3.63, 3.8) is 0 Å². The molecule has 0 radical (unpaired) electrons. The van der Waals surface area contributed by atoms with Crippen LogP contribution >= 0.6 is 0 Å². The Morgan fingerprint density at radius 2 is 0.727 bits per heavy atom. The van der Waals surface area contributed by atoms with Gasteiger partial charge in [0.05, 0.1) is 0 Å². The lowest BCUT2D eigenvalue weighted by molar-refractivity contribution is 0.0644. The Morgan fingerprint density at radius 3 is 0.864 bits per heavy atom. The summed E-state index contributed by atoms with van der Waals surface area (Å²) in [6.07, 6.45) is 0. The molecule has 0 amide bonds. The molecule has 2 heterocycles. The number of aromatic amines is 2. The van der Waals surface area contributed by atoms with Crippen LogP contribution in [0, 0.1) is 0 Å². The van der Waals surface area contributed by atoms with E-state index in [0.717, 1.165) is 0 Å². The average Bonchev–Trinajstić information content (AvgIpc) is 3.08. The normalized spacial score (nSPS) is 9.45. The number of nitrogens with zero attached hydrogens (tertiary/aromatic N) is 4. The van der Waals surface area contributed by atoms with Gasteiger partial charge in [0.2, 0.25) is 22.8 Å². The summed E-state index contributed by atoms with van der Waals surface area (Å²) in [7, 11) is 0. The number of hydrogen-bond donors (Lipinski definition) is 6. The minimum atomic E-state index is -1.42.